The molecule has 0 aliphatic carbocycles. The molecule has 34 heavy (non-hydrogen) atoms. The number of hydrogen-bond acceptors (Lipinski definition) is 6. The first-order valence-electron chi connectivity index (χ1n) is 10.6. The first kappa shape index (κ1) is 21.5. The van der Waals surface area contributed by atoms with E-state index >= 15 is 0 Å². The van der Waals surface area contributed by atoms with Crippen LogP contribution in [0.15, 0.2) is 83.7 Å². The lowest BCUT2D eigenvalue weighted by atomic mass is 10.1. The van der Waals surface area contributed by atoms with Crippen molar-refractivity contribution in [3.8, 4) is 27.6 Å². The van der Waals surface area contributed by atoms with Crippen molar-refractivity contribution in [2.24, 2.45) is 0 Å². The second kappa shape index (κ2) is 8.92. The Labute approximate surface area is 199 Å². The van der Waals surface area contributed by atoms with Crippen molar-refractivity contribution >= 4 is 33.5 Å². The second-order valence-electron chi connectivity index (χ2n) is 7.61. The van der Waals surface area contributed by atoms with E-state index in [1.54, 1.807) is 10.6 Å². The van der Waals surface area contributed by atoms with Gasteiger partial charge in [-0.1, -0.05) is 65.9 Å². The Morgan fingerprint density at radius 3 is 2.50 bits per heavy atom. The summed E-state index contributed by atoms with van der Waals surface area (Å²) in [7, 11) is 1.29. The predicted molar refractivity (Wildman–Crippen MR) is 135 cm³/mol. The van der Waals surface area contributed by atoms with Crippen molar-refractivity contribution < 1.29 is 9.53 Å². The lowest BCUT2D eigenvalue weighted by Gasteiger charge is -2.14. The van der Waals surface area contributed by atoms with Gasteiger partial charge in [-0.3, -0.25) is 14.7 Å². The minimum absolute atomic E-state index is 0.180. The number of para-hydroxylation sites is 1. The van der Waals surface area contributed by atoms with E-state index in [-0.39, 0.29) is 5.56 Å². The molecule has 2 heterocycles. The fraction of sp³-hybridized carbons (Fsp3) is 0.0769. The van der Waals surface area contributed by atoms with Crippen LogP contribution < -0.4 is 10.9 Å². The van der Waals surface area contributed by atoms with Crippen molar-refractivity contribution in [3.05, 3.63) is 94.8 Å². The predicted octanol–water partition coefficient (Wildman–Crippen LogP) is 5.66. The van der Waals surface area contributed by atoms with E-state index in [1.165, 1.54) is 18.4 Å². The number of fused-ring (bicyclic) bond motifs is 1. The van der Waals surface area contributed by atoms with Crippen LogP contribution in [0.3, 0.4) is 0 Å². The Hall–Kier alpha value is -4.30. The zero-order valence-electron chi connectivity index (χ0n) is 18.5. The van der Waals surface area contributed by atoms with Crippen LogP contribution in [0.4, 0.5) is 9.93 Å². The normalized spacial score (nSPS) is 10.9. The van der Waals surface area contributed by atoms with Gasteiger partial charge in [-0.15, -0.1) is 0 Å². The van der Waals surface area contributed by atoms with E-state index in [1.807, 2.05) is 79.7 Å². The SMILES string of the molecule is COC(=O)Nc1nc(-c2ccccc2)c(-c2nc3ccccc3c(=O)n2-c2cccc(C)c2)s1. The number of benzene rings is 3. The third-order valence-electron chi connectivity index (χ3n) is 5.31. The van der Waals surface area contributed by atoms with Crippen LogP contribution in [-0.2, 0) is 4.74 Å². The molecular formula is C26H20N4O3S. The molecule has 0 aliphatic heterocycles. The molecule has 8 heteroatoms. The average Bonchev–Trinajstić information content (AvgIpc) is 3.28. The van der Waals surface area contributed by atoms with E-state index < -0.39 is 6.09 Å². The van der Waals surface area contributed by atoms with Gasteiger partial charge in [-0.2, -0.15) is 0 Å². The van der Waals surface area contributed by atoms with Crippen LogP contribution in [0.25, 0.3) is 38.5 Å². The van der Waals surface area contributed by atoms with Crippen molar-refractivity contribution in [2.45, 2.75) is 6.92 Å². The maximum absolute atomic E-state index is 13.7. The summed E-state index contributed by atoms with van der Waals surface area (Å²) in [6, 6.07) is 24.6. The molecule has 2 aromatic heterocycles. The minimum atomic E-state index is -0.623. The number of ether oxygens (including phenoxy) is 1. The quantitative estimate of drug-likeness (QED) is 0.368. The number of methoxy groups -OCH3 is 1. The molecule has 0 spiro atoms. The summed E-state index contributed by atoms with van der Waals surface area (Å²) in [6.45, 7) is 1.98. The molecular weight excluding hydrogens is 448 g/mol. The Kier molecular flexibility index (Phi) is 5.65. The number of carbonyl (C=O) groups is 1. The highest BCUT2D eigenvalue weighted by atomic mass is 32.1. The summed E-state index contributed by atoms with van der Waals surface area (Å²) >= 11 is 1.24. The highest BCUT2D eigenvalue weighted by molar-refractivity contribution is 7.19. The first-order chi connectivity index (χ1) is 16.5. The fourth-order valence-corrected chi connectivity index (χ4v) is 4.70. The van der Waals surface area contributed by atoms with Gasteiger partial charge < -0.3 is 4.74 Å². The van der Waals surface area contributed by atoms with Gasteiger partial charge in [0.25, 0.3) is 5.56 Å². The van der Waals surface area contributed by atoms with Crippen LogP contribution in [0.5, 0.6) is 0 Å². The third kappa shape index (κ3) is 3.95. The zero-order valence-corrected chi connectivity index (χ0v) is 19.3. The number of aryl methyl sites for hydroxylation is 1. The number of anilines is 1. The monoisotopic (exact) mass is 468 g/mol. The van der Waals surface area contributed by atoms with E-state index in [0.29, 0.717) is 38.1 Å². The highest BCUT2D eigenvalue weighted by Gasteiger charge is 2.23. The van der Waals surface area contributed by atoms with Crippen molar-refractivity contribution in [1.29, 1.82) is 0 Å². The highest BCUT2D eigenvalue weighted by Crippen LogP contribution is 2.39. The van der Waals surface area contributed by atoms with Crippen LogP contribution in [-0.4, -0.2) is 27.7 Å². The number of rotatable bonds is 4. The standard InChI is InChI=1S/C26H20N4O3S/c1-16-9-8-12-18(15-16)30-23(27-20-14-7-6-13-19(20)24(30)31)22-21(17-10-4-3-5-11-17)28-25(34-22)29-26(32)33-2/h3-15H,1-2H3,(H,28,29,32). The van der Waals surface area contributed by atoms with E-state index in [4.69, 9.17) is 9.72 Å². The molecule has 0 aliphatic rings. The Balaban J connectivity index is 1.84. The number of nitrogens with one attached hydrogen (secondary N) is 1. The van der Waals surface area contributed by atoms with Crippen LogP contribution in [0.1, 0.15) is 5.56 Å². The van der Waals surface area contributed by atoms with Gasteiger partial charge >= 0.3 is 6.09 Å². The Morgan fingerprint density at radius 1 is 0.971 bits per heavy atom. The van der Waals surface area contributed by atoms with Crippen molar-refractivity contribution in [2.75, 3.05) is 12.4 Å². The Bertz CT molecular complexity index is 1570. The molecule has 7 nitrogen and oxygen atoms in total. The lowest BCUT2D eigenvalue weighted by Crippen LogP contribution is -2.22. The van der Waals surface area contributed by atoms with Gasteiger partial charge in [0, 0.05) is 5.56 Å². The van der Waals surface area contributed by atoms with E-state index in [2.05, 4.69) is 10.3 Å². The number of carbonyl (C=O) groups excluding carboxylic acids is 1. The average molecular weight is 469 g/mol. The summed E-state index contributed by atoms with van der Waals surface area (Å²) in [4.78, 5) is 35.8. The first-order valence-corrected chi connectivity index (χ1v) is 11.4. The molecule has 0 unspecified atom stereocenters. The van der Waals surface area contributed by atoms with Crippen LogP contribution in [0.2, 0.25) is 0 Å². The van der Waals surface area contributed by atoms with Gasteiger partial charge in [-0.25, -0.2) is 14.8 Å². The number of thiazole rings is 1. The maximum atomic E-state index is 13.7. The molecule has 3 aromatic carbocycles. The minimum Gasteiger partial charge on any atom is -0.453 e. The number of nitrogens with zero attached hydrogens (tertiary/aromatic N) is 3. The van der Waals surface area contributed by atoms with Gasteiger partial charge in [0.05, 0.1) is 29.4 Å². The Morgan fingerprint density at radius 2 is 1.74 bits per heavy atom. The number of aromatic nitrogens is 3. The molecule has 1 N–H and O–H groups in total. The fourth-order valence-electron chi connectivity index (χ4n) is 3.75. The van der Waals surface area contributed by atoms with E-state index in [9.17, 15) is 9.59 Å². The molecule has 5 aromatic rings. The topological polar surface area (TPSA) is 86.1 Å². The summed E-state index contributed by atoms with van der Waals surface area (Å²) in [5, 5.41) is 3.51. The number of hydrogen-bond donors (Lipinski definition) is 1. The molecule has 0 atom stereocenters. The molecule has 1 amide bonds. The largest absolute Gasteiger partial charge is 0.453 e. The molecule has 0 saturated heterocycles. The van der Waals surface area contributed by atoms with Gasteiger partial charge in [0.2, 0.25) is 0 Å². The molecule has 0 bridgehead atoms. The lowest BCUT2D eigenvalue weighted by molar-refractivity contribution is 0.187. The summed E-state index contributed by atoms with van der Waals surface area (Å²) in [6.07, 6.45) is -0.623. The maximum Gasteiger partial charge on any atom is 0.413 e. The van der Waals surface area contributed by atoms with E-state index in [0.717, 1.165) is 11.1 Å². The van der Waals surface area contributed by atoms with Crippen molar-refractivity contribution in [3.63, 3.8) is 0 Å². The summed E-state index contributed by atoms with van der Waals surface area (Å²) < 4.78 is 6.35. The molecule has 168 valence electrons. The third-order valence-corrected chi connectivity index (χ3v) is 6.27. The molecule has 5 rings (SSSR count). The molecule has 0 fully saturated rings. The molecule has 0 saturated carbocycles. The zero-order chi connectivity index (χ0) is 23.7. The number of amides is 1. The van der Waals surface area contributed by atoms with Crippen LogP contribution in [0, 0.1) is 6.92 Å². The summed E-state index contributed by atoms with van der Waals surface area (Å²) in [5.41, 5.74) is 3.57. The smallest absolute Gasteiger partial charge is 0.413 e. The second-order valence-corrected chi connectivity index (χ2v) is 8.61. The van der Waals surface area contributed by atoms with Gasteiger partial charge in [0.15, 0.2) is 11.0 Å². The molecule has 0 radical (unpaired) electrons. The van der Waals surface area contributed by atoms with Crippen LogP contribution >= 0.6 is 11.3 Å². The van der Waals surface area contributed by atoms with Gasteiger partial charge in [0.1, 0.15) is 4.88 Å². The summed E-state index contributed by atoms with van der Waals surface area (Å²) in [5.74, 6) is 0.448. The van der Waals surface area contributed by atoms with Gasteiger partial charge in [-0.05, 0) is 36.8 Å². The van der Waals surface area contributed by atoms with Crippen molar-refractivity contribution in [1.82, 2.24) is 14.5 Å².